The van der Waals surface area contributed by atoms with Crippen molar-refractivity contribution in [1.29, 1.82) is 0 Å². The van der Waals surface area contributed by atoms with Crippen LogP contribution in [0.5, 0.6) is 0 Å². The second-order valence-electron chi connectivity index (χ2n) is 5.18. The number of nitrogens with one attached hydrogen (secondary N) is 1. The van der Waals surface area contributed by atoms with Gasteiger partial charge < -0.3 is 15.3 Å². The number of carbonyl (C=O) groups excluding carboxylic acids is 1. The van der Waals surface area contributed by atoms with Crippen LogP contribution in [0.15, 0.2) is 29.4 Å². The zero-order valence-corrected chi connectivity index (χ0v) is 13.6. The molecule has 0 bridgehead atoms. The molecule has 0 unspecified atom stereocenters. The molecule has 1 aromatic carbocycles. The molecule has 0 atom stereocenters. The number of benzene rings is 1. The summed E-state index contributed by atoms with van der Waals surface area (Å²) >= 11 is 0. The van der Waals surface area contributed by atoms with Gasteiger partial charge >= 0.3 is 12.1 Å². The van der Waals surface area contributed by atoms with Gasteiger partial charge in [-0.3, -0.25) is 9.59 Å². The summed E-state index contributed by atoms with van der Waals surface area (Å²) in [6, 6.07) is 4.39. The van der Waals surface area contributed by atoms with E-state index in [4.69, 9.17) is 9.94 Å². The first kappa shape index (κ1) is 20.5. The van der Waals surface area contributed by atoms with Gasteiger partial charge in [-0.1, -0.05) is 17.3 Å². The van der Waals surface area contributed by atoms with E-state index in [0.717, 1.165) is 12.1 Å². The molecule has 0 fully saturated rings. The molecule has 0 aliphatic carbocycles. The average Bonchev–Trinajstić information content (AvgIpc) is 2.51. The molecule has 1 aromatic rings. The van der Waals surface area contributed by atoms with Crippen molar-refractivity contribution in [3.05, 3.63) is 35.4 Å². The Hall–Kier alpha value is -2.58. The lowest BCUT2D eigenvalue weighted by atomic mass is 10.0. The number of oxime groups is 1. The molecule has 0 aliphatic rings. The molecule has 0 aliphatic heterocycles. The summed E-state index contributed by atoms with van der Waals surface area (Å²) < 4.78 is 37.8. The van der Waals surface area contributed by atoms with Crippen LogP contribution in [0.25, 0.3) is 0 Å². The summed E-state index contributed by atoms with van der Waals surface area (Å²) in [7, 11) is 0. The zero-order valence-electron chi connectivity index (χ0n) is 13.6. The summed E-state index contributed by atoms with van der Waals surface area (Å²) in [5.74, 6) is -1.20. The standard InChI is InChI=1S/C16H19F3N2O4/c1-11(22)20-9-10-25-21-14(3-2-4-15(23)24)12-5-7-13(8-6-12)16(17,18)19/h5-8H,2-4,9-10H2,1H3,(H,20,22)(H,23,24)/b21-14+. The number of hydrogen-bond donors (Lipinski definition) is 2. The van der Waals surface area contributed by atoms with E-state index in [1.165, 1.54) is 19.1 Å². The lowest BCUT2D eigenvalue weighted by Crippen LogP contribution is -2.23. The molecule has 0 aromatic heterocycles. The Bertz CT molecular complexity index is 613. The minimum absolute atomic E-state index is 0.0860. The topological polar surface area (TPSA) is 88.0 Å². The molecule has 9 heteroatoms. The maximum absolute atomic E-state index is 12.6. The van der Waals surface area contributed by atoms with Crippen LogP contribution in [0.1, 0.15) is 37.3 Å². The van der Waals surface area contributed by atoms with Gasteiger partial charge in [-0.15, -0.1) is 0 Å². The quantitative estimate of drug-likeness (QED) is 0.403. The molecule has 2 N–H and O–H groups in total. The van der Waals surface area contributed by atoms with Gasteiger partial charge in [-0.05, 0) is 30.5 Å². The van der Waals surface area contributed by atoms with Crippen LogP contribution in [0.2, 0.25) is 0 Å². The van der Waals surface area contributed by atoms with Gasteiger partial charge in [0.05, 0.1) is 17.8 Å². The molecule has 1 amide bonds. The summed E-state index contributed by atoms with van der Waals surface area (Å²) in [5, 5.41) is 15.1. The molecule has 25 heavy (non-hydrogen) atoms. The molecular weight excluding hydrogens is 341 g/mol. The molecule has 6 nitrogen and oxygen atoms in total. The van der Waals surface area contributed by atoms with E-state index in [9.17, 15) is 22.8 Å². The van der Waals surface area contributed by atoms with E-state index in [1.807, 2.05) is 0 Å². The van der Waals surface area contributed by atoms with E-state index < -0.39 is 17.7 Å². The third-order valence-electron chi connectivity index (χ3n) is 3.09. The number of carboxylic acids is 1. The number of amides is 1. The van der Waals surface area contributed by atoms with E-state index in [2.05, 4.69) is 10.5 Å². The van der Waals surface area contributed by atoms with Crippen molar-refractivity contribution in [2.75, 3.05) is 13.2 Å². The van der Waals surface area contributed by atoms with Gasteiger partial charge in [0.1, 0.15) is 6.61 Å². The Morgan fingerprint density at radius 3 is 2.36 bits per heavy atom. The minimum atomic E-state index is -4.44. The Balaban J connectivity index is 2.78. The van der Waals surface area contributed by atoms with Gasteiger partial charge in [0.25, 0.3) is 0 Å². The number of alkyl halides is 3. The summed E-state index contributed by atoms with van der Waals surface area (Å²) in [4.78, 5) is 26.4. The minimum Gasteiger partial charge on any atom is -0.481 e. The molecule has 0 radical (unpaired) electrons. The lowest BCUT2D eigenvalue weighted by Gasteiger charge is -2.10. The van der Waals surface area contributed by atoms with Crippen molar-refractivity contribution in [2.45, 2.75) is 32.4 Å². The van der Waals surface area contributed by atoms with Crippen LogP contribution in [0.3, 0.4) is 0 Å². The van der Waals surface area contributed by atoms with Crippen LogP contribution >= 0.6 is 0 Å². The first-order chi connectivity index (χ1) is 11.7. The maximum Gasteiger partial charge on any atom is 0.416 e. The maximum atomic E-state index is 12.6. The summed E-state index contributed by atoms with van der Waals surface area (Å²) in [6.45, 7) is 1.67. The van der Waals surface area contributed by atoms with Gasteiger partial charge in [0, 0.05) is 13.3 Å². The highest BCUT2D eigenvalue weighted by molar-refractivity contribution is 6.00. The summed E-state index contributed by atoms with van der Waals surface area (Å²) in [6.07, 6.45) is -4.03. The summed E-state index contributed by atoms with van der Waals surface area (Å²) in [5.41, 5.74) is -0.0246. The lowest BCUT2D eigenvalue weighted by molar-refractivity contribution is -0.138. The first-order valence-electron chi connectivity index (χ1n) is 7.53. The second-order valence-corrected chi connectivity index (χ2v) is 5.18. The fourth-order valence-corrected chi connectivity index (χ4v) is 1.90. The molecule has 0 heterocycles. The Morgan fingerprint density at radius 2 is 1.84 bits per heavy atom. The van der Waals surface area contributed by atoms with Crippen LogP contribution in [-0.2, 0) is 20.6 Å². The number of nitrogens with zero attached hydrogens (tertiary/aromatic N) is 1. The molecular formula is C16H19F3N2O4. The van der Waals surface area contributed by atoms with Gasteiger partial charge in [-0.25, -0.2) is 0 Å². The van der Waals surface area contributed by atoms with E-state index >= 15 is 0 Å². The van der Waals surface area contributed by atoms with Crippen LogP contribution < -0.4 is 5.32 Å². The molecule has 138 valence electrons. The third kappa shape index (κ3) is 8.18. The molecule has 1 rings (SSSR count). The van der Waals surface area contributed by atoms with Crippen molar-refractivity contribution in [2.24, 2.45) is 5.16 Å². The van der Waals surface area contributed by atoms with Gasteiger partial charge in [-0.2, -0.15) is 13.2 Å². The monoisotopic (exact) mass is 360 g/mol. The largest absolute Gasteiger partial charge is 0.481 e. The van der Waals surface area contributed by atoms with Crippen molar-refractivity contribution < 1.29 is 32.7 Å². The average molecular weight is 360 g/mol. The highest BCUT2D eigenvalue weighted by Crippen LogP contribution is 2.29. The predicted molar refractivity (Wildman–Crippen MR) is 84.1 cm³/mol. The second kappa shape index (κ2) is 9.65. The fourth-order valence-electron chi connectivity index (χ4n) is 1.90. The molecule has 0 spiro atoms. The smallest absolute Gasteiger partial charge is 0.416 e. The Kier molecular flexibility index (Phi) is 7.90. The fraction of sp³-hybridized carbons (Fsp3) is 0.438. The number of hydrogen-bond acceptors (Lipinski definition) is 4. The van der Waals surface area contributed by atoms with E-state index in [0.29, 0.717) is 11.3 Å². The van der Waals surface area contributed by atoms with Gasteiger partial charge in [0.15, 0.2) is 0 Å². The van der Waals surface area contributed by atoms with Crippen molar-refractivity contribution in [3.63, 3.8) is 0 Å². The van der Waals surface area contributed by atoms with Crippen molar-refractivity contribution in [1.82, 2.24) is 5.32 Å². The number of carbonyl (C=O) groups is 2. The first-order valence-corrected chi connectivity index (χ1v) is 7.53. The Labute approximate surface area is 142 Å². The van der Waals surface area contributed by atoms with Gasteiger partial charge in [0.2, 0.25) is 5.91 Å². The number of halogens is 3. The van der Waals surface area contributed by atoms with Crippen molar-refractivity contribution in [3.8, 4) is 0 Å². The SMILES string of the molecule is CC(=O)NCCO/N=C(\CCCC(=O)O)c1ccc(C(F)(F)F)cc1. The normalized spacial score (nSPS) is 11.9. The number of rotatable bonds is 9. The molecule has 0 saturated carbocycles. The number of carboxylic acid groups (broad SMARTS) is 1. The zero-order chi connectivity index (χ0) is 18.9. The highest BCUT2D eigenvalue weighted by Gasteiger charge is 2.30. The Morgan fingerprint density at radius 1 is 1.20 bits per heavy atom. The molecule has 0 saturated heterocycles. The van der Waals surface area contributed by atoms with Crippen LogP contribution in [0, 0.1) is 0 Å². The van der Waals surface area contributed by atoms with Crippen molar-refractivity contribution >= 4 is 17.6 Å². The van der Waals surface area contributed by atoms with Crippen LogP contribution in [0.4, 0.5) is 13.2 Å². The van der Waals surface area contributed by atoms with Crippen LogP contribution in [-0.4, -0.2) is 35.8 Å². The van der Waals surface area contributed by atoms with E-state index in [-0.39, 0.29) is 38.3 Å². The number of aliphatic carboxylic acids is 1. The van der Waals surface area contributed by atoms with E-state index in [1.54, 1.807) is 0 Å². The highest BCUT2D eigenvalue weighted by atomic mass is 19.4. The predicted octanol–water partition coefficient (Wildman–Crippen LogP) is 2.82. The third-order valence-corrected chi connectivity index (χ3v) is 3.09.